The van der Waals surface area contributed by atoms with Gasteiger partial charge in [-0.05, 0) is 33.6 Å². The van der Waals surface area contributed by atoms with E-state index in [0.29, 0.717) is 12.2 Å². The summed E-state index contributed by atoms with van der Waals surface area (Å²) in [5.41, 5.74) is 1.75. The van der Waals surface area contributed by atoms with Crippen molar-refractivity contribution in [2.24, 2.45) is 0 Å². The molecule has 0 spiro atoms. The lowest BCUT2D eigenvalue weighted by Crippen LogP contribution is -2.18. The SMILES string of the molecule is CCCCC(C)=C(COC)C(=O)OC(C)C. The van der Waals surface area contributed by atoms with E-state index in [0.717, 1.165) is 24.8 Å². The maximum atomic E-state index is 11.8. The summed E-state index contributed by atoms with van der Waals surface area (Å²) >= 11 is 0. The van der Waals surface area contributed by atoms with Crippen LogP contribution in [0.25, 0.3) is 0 Å². The number of ether oxygens (including phenoxy) is 2. The Labute approximate surface area is 98.8 Å². The third-order valence-electron chi connectivity index (χ3n) is 2.30. The zero-order valence-electron chi connectivity index (χ0n) is 11.1. The van der Waals surface area contributed by atoms with Crippen molar-refractivity contribution < 1.29 is 14.3 Å². The van der Waals surface area contributed by atoms with Gasteiger partial charge in [0.05, 0.1) is 18.3 Å². The lowest BCUT2D eigenvalue weighted by Gasteiger charge is -2.13. The van der Waals surface area contributed by atoms with Crippen LogP contribution in [0.2, 0.25) is 0 Å². The van der Waals surface area contributed by atoms with Gasteiger partial charge < -0.3 is 9.47 Å². The average Bonchev–Trinajstić information content (AvgIpc) is 2.21. The van der Waals surface area contributed by atoms with Crippen LogP contribution in [0.15, 0.2) is 11.1 Å². The molecule has 0 aliphatic carbocycles. The van der Waals surface area contributed by atoms with Gasteiger partial charge in [0.25, 0.3) is 0 Å². The van der Waals surface area contributed by atoms with Crippen LogP contribution in [0.4, 0.5) is 0 Å². The molecule has 0 atom stereocenters. The highest BCUT2D eigenvalue weighted by molar-refractivity contribution is 5.89. The van der Waals surface area contributed by atoms with E-state index in [4.69, 9.17) is 9.47 Å². The molecule has 0 aromatic carbocycles. The highest BCUT2D eigenvalue weighted by atomic mass is 16.5. The predicted molar refractivity (Wildman–Crippen MR) is 65.3 cm³/mol. The zero-order valence-corrected chi connectivity index (χ0v) is 11.1. The van der Waals surface area contributed by atoms with Crippen molar-refractivity contribution in [2.45, 2.75) is 53.1 Å². The van der Waals surface area contributed by atoms with Gasteiger partial charge in [0, 0.05) is 7.11 Å². The molecule has 0 fully saturated rings. The number of hydrogen-bond donors (Lipinski definition) is 0. The van der Waals surface area contributed by atoms with Crippen molar-refractivity contribution in [3.05, 3.63) is 11.1 Å². The molecule has 0 aromatic rings. The van der Waals surface area contributed by atoms with Gasteiger partial charge in [0.15, 0.2) is 0 Å². The first-order valence-corrected chi connectivity index (χ1v) is 5.91. The van der Waals surface area contributed by atoms with Gasteiger partial charge in [-0.1, -0.05) is 18.9 Å². The Morgan fingerprint density at radius 1 is 1.31 bits per heavy atom. The van der Waals surface area contributed by atoms with Gasteiger partial charge in [-0.2, -0.15) is 0 Å². The van der Waals surface area contributed by atoms with E-state index >= 15 is 0 Å². The maximum absolute atomic E-state index is 11.8. The second kappa shape index (κ2) is 8.34. The minimum absolute atomic E-state index is 0.0849. The third kappa shape index (κ3) is 5.91. The summed E-state index contributed by atoms with van der Waals surface area (Å²) in [6, 6.07) is 0. The molecular weight excluding hydrogens is 204 g/mol. The number of hydrogen-bond acceptors (Lipinski definition) is 3. The Balaban J connectivity index is 4.61. The Hall–Kier alpha value is -0.830. The molecule has 3 heteroatoms. The standard InChI is InChI=1S/C13H24O3/c1-6-7-8-11(4)12(9-15-5)13(14)16-10(2)3/h10H,6-9H2,1-5H3. The molecule has 16 heavy (non-hydrogen) atoms. The first-order chi connectivity index (χ1) is 7.52. The lowest BCUT2D eigenvalue weighted by molar-refractivity contribution is -0.143. The average molecular weight is 228 g/mol. The molecule has 0 heterocycles. The van der Waals surface area contributed by atoms with Crippen molar-refractivity contribution in [1.82, 2.24) is 0 Å². The molecule has 0 unspecified atom stereocenters. The van der Waals surface area contributed by atoms with Crippen LogP contribution >= 0.6 is 0 Å². The molecule has 0 amide bonds. The summed E-state index contributed by atoms with van der Waals surface area (Å²) in [5.74, 6) is -0.245. The third-order valence-corrected chi connectivity index (χ3v) is 2.30. The maximum Gasteiger partial charge on any atom is 0.336 e. The zero-order chi connectivity index (χ0) is 12.6. The summed E-state index contributed by atoms with van der Waals surface area (Å²) in [6.45, 7) is 8.15. The molecule has 3 nitrogen and oxygen atoms in total. The molecule has 0 bridgehead atoms. The predicted octanol–water partition coefficient (Wildman–Crippen LogP) is 3.09. The first kappa shape index (κ1) is 15.2. The molecule has 0 rings (SSSR count). The minimum Gasteiger partial charge on any atom is -0.460 e. The van der Waals surface area contributed by atoms with E-state index < -0.39 is 0 Å². The summed E-state index contributed by atoms with van der Waals surface area (Å²) in [5, 5.41) is 0. The number of allylic oxidation sites excluding steroid dienone is 1. The Morgan fingerprint density at radius 3 is 2.38 bits per heavy atom. The normalized spacial score (nSPS) is 12.6. The largest absolute Gasteiger partial charge is 0.460 e. The second-order valence-electron chi connectivity index (χ2n) is 4.25. The summed E-state index contributed by atoms with van der Waals surface area (Å²) in [4.78, 5) is 11.8. The molecule has 0 N–H and O–H groups in total. The number of methoxy groups -OCH3 is 1. The molecular formula is C13H24O3. The van der Waals surface area contributed by atoms with Crippen molar-refractivity contribution in [1.29, 1.82) is 0 Å². The van der Waals surface area contributed by atoms with E-state index in [1.54, 1.807) is 7.11 Å². The number of carbonyl (C=O) groups is 1. The van der Waals surface area contributed by atoms with Gasteiger partial charge in [-0.25, -0.2) is 4.79 Å². The van der Waals surface area contributed by atoms with Crippen molar-refractivity contribution in [3.63, 3.8) is 0 Å². The van der Waals surface area contributed by atoms with Crippen LogP contribution in [-0.2, 0) is 14.3 Å². The van der Waals surface area contributed by atoms with Gasteiger partial charge >= 0.3 is 5.97 Å². The number of rotatable bonds is 7. The van der Waals surface area contributed by atoms with Crippen molar-refractivity contribution in [2.75, 3.05) is 13.7 Å². The summed E-state index contributed by atoms with van der Waals surface area (Å²) in [6.07, 6.45) is 3.06. The smallest absolute Gasteiger partial charge is 0.336 e. The molecule has 0 radical (unpaired) electrons. The second-order valence-corrected chi connectivity index (χ2v) is 4.25. The molecule has 94 valence electrons. The highest BCUT2D eigenvalue weighted by Crippen LogP contribution is 2.14. The van der Waals surface area contributed by atoms with Crippen LogP contribution < -0.4 is 0 Å². The van der Waals surface area contributed by atoms with E-state index in [1.165, 1.54) is 0 Å². The first-order valence-electron chi connectivity index (χ1n) is 5.91. The Bertz CT molecular complexity index is 242. The molecule has 0 saturated carbocycles. The summed E-state index contributed by atoms with van der Waals surface area (Å²) < 4.78 is 10.2. The molecule has 0 saturated heterocycles. The van der Waals surface area contributed by atoms with E-state index in [9.17, 15) is 4.79 Å². The summed E-state index contributed by atoms with van der Waals surface area (Å²) in [7, 11) is 1.59. The lowest BCUT2D eigenvalue weighted by atomic mass is 10.0. The fraction of sp³-hybridized carbons (Fsp3) is 0.769. The number of carbonyl (C=O) groups excluding carboxylic acids is 1. The van der Waals surface area contributed by atoms with Crippen LogP contribution in [0.5, 0.6) is 0 Å². The minimum atomic E-state index is -0.245. The van der Waals surface area contributed by atoms with Crippen molar-refractivity contribution in [3.8, 4) is 0 Å². The Morgan fingerprint density at radius 2 is 1.94 bits per heavy atom. The number of unbranched alkanes of at least 4 members (excludes halogenated alkanes) is 1. The van der Waals surface area contributed by atoms with Crippen LogP contribution in [0.3, 0.4) is 0 Å². The van der Waals surface area contributed by atoms with Gasteiger partial charge in [0.2, 0.25) is 0 Å². The fourth-order valence-electron chi connectivity index (χ4n) is 1.38. The van der Waals surface area contributed by atoms with Crippen molar-refractivity contribution >= 4 is 5.97 Å². The van der Waals surface area contributed by atoms with Gasteiger partial charge in [-0.3, -0.25) is 0 Å². The van der Waals surface area contributed by atoms with Gasteiger partial charge in [0.1, 0.15) is 0 Å². The monoisotopic (exact) mass is 228 g/mol. The van der Waals surface area contributed by atoms with E-state index in [2.05, 4.69) is 6.92 Å². The van der Waals surface area contributed by atoms with E-state index in [1.807, 2.05) is 20.8 Å². The number of esters is 1. The Kier molecular flexibility index (Phi) is 7.90. The fourth-order valence-corrected chi connectivity index (χ4v) is 1.38. The van der Waals surface area contributed by atoms with Crippen LogP contribution in [0.1, 0.15) is 47.0 Å². The molecule has 0 aliphatic rings. The van der Waals surface area contributed by atoms with Crippen LogP contribution in [0, 0.1) is 0 Å². The van der Waals surface area contributed by atoms with E-state index in [-0.39, 0.29) is 12.1 Å². The topological polar surface area (TPSA) is 35.5 Å². The molecule has 0 aromatic heterocycles. The quantitative estimate of drug-likeness (QED) is 0.496. The highest BCUT2D eigenvalue weighted by Gasteiger charge is 2.15. The van der Waals surface area contributed by atoms with Crippen LogP contribution in [-0.4, -0.2) is 25.8 Å². The molecule has 0 aliphatic heterocycles. The van der Waals surface area contributed by atoms with Gasteiger partial charge in [-0.15, -0.1) is 0 Å².